The SMILES string of the molecule is [C-]#[N+]c1cc(NCc2cccc(F)c2)nc(-c2cc(CC3CCC(N)CC3)ncc2Cl)c1. The van der Waals surface area contributed by atoms with E-state index in [2.05, 4.69) is 20.1 Å². The molecule has 0 aliphatic heterocycles. The van der Waals surface area contributed by atoms with Gasteiger partial charge in [0.2, 0.25) is 0 Å². The zero-order chi connectivity index (χ0) is 22.5. The van der Waals surface area contributed by atoms with E-state index >= 15 is 0 Å². The number of aromatic nitrogens is 2. The molecule has 0 saturated heterocycles. The molecule has 3 aromatic rings. The largest absolute Gasteiger partial charge is 0.367 e. The average Bonchev–Trinajstić information content (AvgIpc) is 2.80. The molecule has 0 bridgehead atoms. The molecule has 0 spiro atoms. The minimum Gasteiger partial charge on any atom is -0.367 e. The highest BCUT2D eigenvalue weighted by Crippen LogP contribution is 2.33. The number of benzene rings is 1. The van der Waals surface area contributed by atoms with Gasteiger partial charge >= 0.3 is 0 Å². The highest BCUT2D eigenvalue weighted by Gasteiger charge is 2.20. The monoisotopic (exact) mass is 449 g/mol. The van der Waals surface area contributed by atoms with E-state index in [1.807, 2.05) is 12.1 Å². The Bertz CT molecular complexity index is 1140. The first-order chi connectivity index (χ1) is 15.5. The summed E-state index contributed by atoms with van der Waals surface area (Å²) in [7, 11) is 0. The number of pyridine rings is 2. The molecule has 2 heterocycles. The van der Waals surface area contributed by atoms with Crippen LogP contribution in [0.4, 0.5) is 15.9 Å². The normalized spacial score (nSPS) is 18.2. The Morgan fingerprint density at radius 2 is 1.97 bits per heavy atom. The number of rotatable bonds is 6. The molecular formula is C25H25ClFN5. The Morgan fingerprint density at radius 1 is 1.16 bits per heavy atom. The van der Waals surface area contributed by atoms with Crippen LogP contribution in [0.15, 0.2) is 48.7 Å². The van der Waals surface area contributed by atoms with Gasteiger partial charge in [0.15, 0.2) is 5.69 Å². The van der Waals surface area contributed by atoms with E-state index < -0.39 is 0 Å². The quantitative estimate of drug-likeness (QED) is 0.442. The van der Waals surface area contributed by atoms with Crippen LogP contribution >= 0.6 is 11.6 Å². The number of hydrogen-bond donors (Lipinski definition) is 2. The van der Waals surface area contributed by atoms with E-state index in [1.165, 1.54) is 12.1 Å². The molecule has 1 aliphatic carbocycles. The summed E-state index contributed by atoms with van der Waals surface area (Å²) >= 11 is 6.47. The van der Waals surface area contributed by atoms with Gasteiger partial charge < -0.3 is 11.1 Å². The van der Waals surface area contributed by atoms with E-state index in [0.717, 1.165) is 48.9 Å². The first kappa shape index (κ1) is 22.2. The van der Waals surface area contributed by atoms with Crippen LogP contribution in [0, 0.1) is 18.3 Å². The van der Waals surface area contributed by atoms with Crippen LogP contribution in [0.25, 0.3) is 16.1 Å². The van der Waals surface area contributed by atoms with Crippen LogP contribution in [-0.2, 0) is 13.0 Å². The highest BCUT2D eigenvalue weighted by atomic mass is 35.5. The van der Waals surface area contributed by atoms with Crippen molar-refractivity contribution in [1.29, 1.82) is 0 Å². The number of hydrogen-bond acceptors (Lipinski definition) is 4. The van der Waals surface area contributed by atoms with Gasteiger partial charge in [-0.3, -0.25) is 4.98 Å². The summed E-state index contributed by atoms with van der Waals surface area (Å²) in [6, 6.07) is 12.1. The lowest BCUT2D eigenvalue weighted by atomic mass is 9.83. The Labute approximate surface area is 192 Å². The summed E-state index contributed by atoms with van der Waals surface area (Å²) in [5.74, 6) is 0.819. The molecule has 32 heavy (non-hydrogen) atoms. The van der Waals surface area contributed by atoms with Crippen molar-refractivity contribution in [1.82, 2.24) is 9.97 Å². The highest BCUT2D eigenvalue weighted by molar-refractivity contribution is 6.33. The van der Waals surface area contributed by atoms with E-state index in [0.29, 0.717) is 40.7 Å². The fourth-order valence-corrected chi connectivity index (χ4v) is 4.33. The minimum atomic E-state index is -0.288. The Hall–Kier alpha value is -3.01. The first-order valence-electron chi connectivity index (χ1n) is 10.8. The van der Waals surface area contributed by atoms with E-state index in [-0.39, 0.29) is 5.82 Å². The maximum absolute atomic E-state index is 13.5. The number of anilines is 1. The lowest BCUT2D eigenvalue weighted by molar-refractivity contribution is 0.323. The molecule has 3 N–H and O–H groups in total. The van der Waals surface area contributed by atoms with Gasteiger partial charge in [0.05, 0.1) is 17.3 Å². The van der Waals surface area contributed by atoms with Gasteiger partial charge in [-0.1, -0.05) is 23.7 Å². The van der Waals surface area contributed by atoms with Crippen molar-refractivity contribution in [2.24, 2.45) is 11.7 Å². The summed E-state index contributed by atoms with van der Waals surface area (Å²) in [5, 5.41) is 3.68. The molecule has 2 aromatic heterocycles. The number of halogens is 2. The molecule has 1 saturated carbocycles. The van der Waals surface area contributed by atoms with Gasteiger partial charge in [0.25, 0.3) is 0 Å². The standard InChI is InChI=1S/C25H25ClFN5/c1-29-20-12-24(32-25(13-20)31-14-17-3-2-4-18(27)9-17)22-11-21(30-15-23(22)26)10-16-5-7-19(28)8-6-16/h2-4,9,11-13,15-16,19H,5-8,10,14,28H2,(H,31,32). The van der Waals surface area contributed by atoms with E-state index in [4.69, 9.17) is 23.9 Å². The average molecular weight is 450 g/mol. The zero-order valence-corrected chi connectivity index (χ0v) is 18.4. The Kier molecular flexibility index (Phi) is 6.99. The summed E-state index contributed by atoms with van der Waals surface area (Å²) in [6.07, 6.45) is 6.87. The number of nitrogens with zero attached hydrogens (tertiary/aromatic N) is 3. The van der Waals surface area contributed by atoms with Crippen LogP contribution in [0.1, 0.15) is 36.9 Å². The van der Waals surface area contributed by atoms with Crippen molar-refractivity contribution in [2.75, 3.05) is 5.32 Å². The molecular weight excluding hydrogens is 425 g/mol. The maximum atomic E-state index is 13.5. The second-order valence-electron chi connectivity index (χ2n) is 8.33. The molecule has 1 aliphatic rings. The fraction of sp³-hybridized carbons (Fsp3) is 0.320. The predicted octanol–water partition coefficient (Wildman–Crippen LogP) is 6.16. The number of nitrogens with one attached hydrogen (secondary N) is 1. The lowest BCUT2D eigenvalue weighted by Gasteiger charge is -2.25. The minimum absolute atomic E-state index is 0.288. The zero-order valence-electron chi connectivity index (χ0n) is 17.7. The molecule has 0 atom stereocenters. The van der Waals surface area contributed by atoms with Crippen molar-refractivity contribution in [3.8, 4) is 11.3 Å². The van der Waals surface area contributed by atoms with E-state index in [1.54, 1.807) is 24.4 Å². The van der Waals surface area contributed by atoms with E-state index in [9.17, 15) is 4.39 Å². The summed E-state index contributed by atoms with van der Waals surface area (Å²) in [6.45, 7) is 7.86. The first-order valence-corrected chi connectivity index (χ1v) is 11.2. The van der Waals surface area contributed by atoms with Crippen LogP contribution in [-0.4, -0.2) is 16.0 Å². The third kappa shape index (κ3) is 5.61. The summed E-state index contributed by atoms with van der Waals surface area (Å²) < 4.78 is 13.5. The molecule has 0 amide bonds. The van der Waals surface area contributed by atoms with Crippen molar-refractivity contribution in [3.05, 3.63) is 82.2 Å². The van der Waals surface area contributed by atoms with Crippen LogP contribution in [0.3, 0.4) is 0 Å². The maximum Gasteiger partial charge on any atom is 0.193 e. The molecule has 1 aromatic carbocycles. The van der Waals surface area contributed by atoms with Gasteiger partial charge in [0.1, 0.15) is 11.6 Å². The number of nitrogens with two attached hydrogens (primary N) is 1. The van der Waals surface area contributed by atoms with Crippen LogP contribution in [0.2, 0.25) is 5.02 Å². The van der Waals surface area contributed by atoms with Gasteiger partial charge in [-0.25, -0.2) is 14.2 Å². The van der Waals surface area contributed by atoms with Gasteiger partial charge in [-0.15, -0.1) is 0 Å². The molecule has 5 nitrogen and oxygen atoms in total. The lowest BCUT2D eigenvalue weighted by Crippen LogP contribution is -2.27. The fourth-order valence-electron chi connectivity index (χ4n) is 4.13. The Balaban J connectivity index is 1.56. The molecule has 1 fully saturated rings. The van der Waals surface area contributed by atoms with Gasteiger partial charge in [-0.2, -0.15) is 0 Å². The Morgan fingerprint density at radius 3 is 2.72 bits per heavy atom. The smallest absolute Gasteiger partial charge is 0.193 e. The third-order valence-electron chi connectivity index (χ3n) is 5.88. The van der Waals surface area contributed by atoms with Crippen molar-refractivity contribution in [2.45, 2.75) is 44.7 Å². The second-order valence-corrected chi connectivity index (χ2v) is 8.74. The van der Waals surface area contributed by atoms with Crippen molar-refractivity contribution < 1.29 is 4.39 Å². The topological polar surface area (TPSA) is 68.2 Å². The molecule has 4 rings (SSSR count). The predicted molar refractivity (Wildman–Crippen MR) is 126 cm³/mol. The molecule has 164 valence electrons. The van der Waals surface area contributed by atoms with Gasteiger partial charge in [0, 0.05) is 30.0 Å². The van der Waals surface area contributed by atoms with Crippen LogP contribution in [0.5, 0.6) is 0 Å². The van der Waals surface area contributed by atoms with Crippen molar-refractivity contribution in [3.63, 3.8) is 0 Å². The second kappa shape index (κ2) is 10.1. The van der Waals surface area contributed by atoms with Gasteiger partial charge in [-0.05, 0) is 73.9 Å². The summed E-state index contributed by atoms with van der Waals surface area (Å²) in [4.78, 5) is 12.8. The summed E-state index contributed by atoms with van der Waals surface area (Å²) in [5.41, 5.74) is 9.60. The molecule has 0 unspecified atom stereocenters. The molecule has 0 radical (unpaired) electrons. The van der Waals surface area contributed by atoms with Crippen LogP contribution < -0.4 is 11.1 Å². The third-order valence-corrected chi connectivity index (χ3v) is 6.18. The van der Waals surface area contributed by atoms with Crippen molar-refractivity contribution >= 4 is 23.1 Å². The molecule has 7 heteroatoms.